The van der Waals surface area contributed by atoms with E-state index >= 15 is 0 Å². The van der Waals surface area contributed by atoms with E-state index in [1.165, 1.54) is 48.8 Å². The van der Waals surface area contributed by atoms with Crippen LogP contribution in [0.5, 0.6) is 0 Å². The Morgan fingerprint density at radius 1 is 1.10 bits per heavy atom. The first-order chi connectivity index (χ1) is 13.9. The Bertz CT molecular complexity index is 813. The minimum absolute atomic E-state index is 0.104. The van der Waals surface area contributed by atoms with Crippen molar-refractivity contribution in [2.75, 3.05) is 42.4 Å². The van der Waals surface area contributed by atoms with Gasteiger partial charge in [0.2, 0.25) is 0 Å². The average Bonchev–Trinajstić information content (AvgIpc) is 3.29. The number of anilines is 1. The van der Waals surface area contributed by atoms with Crippen LogP contribution in [0, 0.1) is 0 Å². The maximum absolute atomic E-state index is 13.1. The molecule has 2 aliphatic rings. The molecule has 3 rings (SSSR count). The van der Waals surface area contributed by atoms with Gasteiger partial charge in [0.05, 0.1) is 0 Å². The molecule has 0 unspecified atom stereocenters. The van der Waals surface area contributed by atoms with Crippen molar-refractivity contribution in [3.63, 3.8) is 0 Å². The Kier molecular flexibility index (Phi) is 7.87. The van der Waals surface area contributed by atoms with Gasteiger partial charge < -0.3 is 0 Å². The van der Waals surface area contributed by atoms with E-state index in [2.05, 4.69) is 25.1 Å². The van der Waals surface area contributed by atoms with Gasteiger partial charge in [0.15, 0.2) is 9.84 Å². The fourth-order valence-corrected chi connectivity index (χ4v) is 5.77. The monoisotopic (exact) mass is 439 g/mol. The van der Waals surface area contributed by atoms with Gasteiger partial charge in [-0.05, 0) is 48.8 Å². The van der Waals surface area contributed by atoms with Crippen molar-refractivity contribution in [2.45, 2.75) is 56.8 Å². The summed E-state index contributed by atoms with van der Waals surface area (Å²) in [5.41, 5.74) is 2.18. The zero-order chi connectivity index (χ0) is 20.9. The molecule has 2 amide bonds. The minimum Gasteiger partial charge on any atom is -0.293 e. The van der Waals surface area contributed by atoms with Crippen LogP contribution in [0.15, 0.2) is 23.1 Å². The van der Waals surface area contributed by atoms with Crippen molar-refractivity contribution >= 4 is 33.3 Å². The molecule has 8 heteroatoms. The standard InChI is InChI=1S/C21H33N3O3S2/c1-3-4-5-6-7-15-28-19-9-10-20-18(16-19)11-14-23(20)21(25)24-13-8-12-22(24)17-29(2,26)27/h9-10,16H,3-8,11-15,17H2,1-2H3. The van der Waals surface area contributed by atoms with Crippen LogP contribution in [-0.2, 0) is 16.3 Å². The lowest BCUT2D eigenvalue weighted by Crippen LogP contribution is -2.49. The van der Waals surface area contributed by atoms with Gasteiger partial charge in [-0.3, -0.25) is 9.91 Å². The van der Waals surface area contributed by atoms with Gasteiger partial charge in [-0.2, -0.15) is 0 Å². The summed E-state index contributed by atoms with van der Waals surface area (Å²) in [4.78, 5) is 16.2. The van der Waals surface area contributed by atoms with Gasteiger partial charge in [0, 0.05) is 36.5 Å². The highest BCUT2D eigenvalue weighted by Crippen LogP contribution is 2.33. The van der Waals surface area contributed by atoms with E-state index in [1.807, 2.05) is 11.8 Å². The fraction of sp³-hybridized carbons (Fsp3) is 0.667. The van der Waals surface area contributed by atoms with Crippen molar-refractivity contribution in [1.29, 1.82) is 0 Å². The molecule has 0 radical (unpaired) electrons. The highest BCUT2D eigenvalue weighted by Gasteiger charge is 2.35. The van der Waals surface area contributed by atoms with E-state index in [1.54, 1.807) is 14.9 Å². The molecule has 0 saturated carbocycles. The van der Waals surface area contributed by atoms with Crippen LogP contribution < -0.4 is 4.90 Å². The van der Waals surface area contributed by atoms with E-state index < -0.39 is 9.84 Å². The predicted octanol–water partition coefficient (Wildman–Crippen LogP) is 4.16. The zero-order valence-corrected chi connectivity index (χ0v) is 19.2. The topological polar surface area (TPSA) is 60.9 Å². The highest BCUT2D eigenvalue weighted by atomic mass is 32.2. The molecule has 1 aromatic carbocycles. The van der Waals surface area contributed by atoms with Crippen molar-refractivity contribution in [2.24, 2.45) is 0 Å². The third-order valence-electron chi connectivity index (χ3n) is 5.43. The number of nitrogens with zero attached hydrogens (tertiary/aromatic N) is 3. The van der Waals surface area contributed by atoms with Gasteiger partial charge in [-0.1, -0.05) is 32.6 Å². The summed E-state index contributed by atoms with van der Waals surface area (Å²) < 4.78 is 23.4. The Labute approximate surface area is 179 Å². The van der Waals surface area contributed by atoms with Gasteiger partial charge in [-0.25, -0.2) is 18.2 Å². The van der Waals surface area contributed by atoms with Crippen LogP contribution in [0.25, 0.3) is 0 Å². The quantitative estimate of drug-likeness (QED) is 0.427. The van der Waals surface area contributed by atoms with Crippen molar-refractivity contribution < 1.29 is 13.2 Å². The number of thioether (sulfide) groups is 1. The number of benzene rings is 1. The second-order valence-corrected chi connectivity index (χ2v) is 11.3. The second kappa shape index (κ2) is 10.2. The lowest BCUT2D eigenvalue weighted by Gasteiger charge is -2.31. The molecule has 0 N–H and O–H groups in total. The summed E-state index contributed by atoms with van der Waals surface area (Å²) in [5.74, 6) is 1.03. The molecule has 0 aromatic heterocycles. The Hall–Kier alpha value is -1.25. The third-order valence-corrected chi connectivity index (χ3v) is 7.27. The smallest absolute Gasteiger partial charge is 0.293 e. The number of unbranched alkanes of at least 4 members (excludes halogenated alkanes) is 4. The first-order valence-electron chi connectivity index (χ1n) is 10.7. The van der Waals surface area contributed by atoms with Gasteiger partial charge in [-0.15, -0.1) is 11.8 Å². The van der Waals surface area contributed by atoms with Gasteiger partial charge >= 0.3 is 6.03 Å². The number of amides is 2. The van der Waals surface area contributed by atoms with Gasteiger partial charge in [0.25, 0.3) is 0 Å². The normalized spacial score (nSPS) is 17.2. The maximum atomic E-state index is 13.1. The molecule has 29 heavy (non-hydrogen) atoms. The Morgan fingerprint density at radius 2 is 1.90 bits per heavy atom. The Morgan fingerprint density at radius 3 is 2.66 bits per heavy atom. The molecule has 162 valence electrons. The largest absolute Gasteiger partial charge is 0.339 e. The van der Waals surface area contributed by atoms with E-state index in [0.29, 0.717) is 19.6 Å². The van der Waals surface area contributed by atoms with Crippen LogP contribution in [-0.4, -0.2) is 62.0 Å². The molecule has 0 aliphatic carbocycles. The lowest BCUT2D eigenvalue weighted by atomic mass is 10.2. The van der Waals surface area contributed by atoms with Crippen LogP contribution in [0.4, 0.5) is 10.5 Å². The number of hydrogen-bond donors (Lipinski definition) is 0. The summed E-state index contributed by atoms with van der Waals surface area (Å²) in [7, 11) is -3.17. The summed E-state index contributed by atoms with van der Waals surface area (Å²) in [5, 5.41) is 3.27. The molecule has 2 aliphatic heterocycles. The van der Waals surface area contributed by atoms with E-state index in [0.717, 1.165) is 24.3 Å². The number of carbonyl (C=O) groups excluding carboxylic acids is 1. The molecule has 1 aromatic rings. The molecule has 2 heterocycles. The average molecular weight is 440 g/mol. The summed E-state index contributed by atoms with van der Waals surface area (Å²) >= 11 is 1.90. The number of rotatable bonds is 9. The Balaban J connectivity index is 1.58. The van der Waals surface area contributed by atoms with Crippen LogP contribution >= 0.6 is 11.8 Å². The van der Waals surface area contributed by atoms with Crippen molar-refractivity contribution in [3.05, 3.63) is 23.8 Å². The molecule has 6 nitrogen and oxygen atoms in total. The van der Waals surface area contributed by atoms with Crippen molar-refractivity contribution in [1.82, 2.24) is 10.0 Å². The molecule has 1 saturated heterocycles. The van der Waals surface area contributed by atoms with Crippen LogP contribution in [0.2, 0.25) is 0 Å². The summed E-state index contributed by atoms with van der Waals surface area (Å²) in [6.45, 7) is 4.07. The first-order valence-corrected chi connectivity index (χ1v) is 13.7. The number of fused-ring (bicyclic) bond motifs is 1. The number of urea groups is 1. The summed E-state index contributed by atoms with van der Waals surface area (Å²) in [6.07, 6.45) is 9.34. The predicted molar refractivity (Wildman–Crippen MR) is 120 cm³/mol. The molecular weight excluding hydrogens is 406 g/mol. The first kappa shape index (κ1) is 22.4. The summed E-state index contributed by atoms with van der Waals surface area (Å²) in [6, 6.07) is 6.27. The second-order valence-electron chi connectivity index (χ2n) is 8.00. The van der Waals surface area contributed by atoms with E-state index in [-0.39, 0.29) is 11.9 Å². The van der Waals surface area contributed by atoms with Gasteiger partial charge in [0.1, 0.15) is 5.88 Å². The van der Waals surface area contributed by atoms with Crippen LogP contribution in [0.1, 0.15) is 51.0 Å². The van der Waals surface area contributed by atoms with E-state index in [4.69, 9.17) is 0 Å². The molecule has 0 spiro atoms. The van der Waals surface area contributed by atoms with E-state index in [9.17, 15) is 13.2 Å². The zero-order valence-electron chi connectivity index (χ0n) is 17.6. The molecular formula is C21H33N3O3S2. The molecule has 1 fully saturated rings. The third kappa shape index (κ3) is 6.12. The van der Waals surface area contributed by atoms with Crippen molar-refractivity contribution in [3.8, 4) is 0 Å². The number of sulfone groups is 1. The number of hydrazine groups is 1. The molecule has 0 atom stereocenters. The van der Waals surface area contributed by atoms with Crippen LogP contribution in [0.3, 0.4) is 0 Å². The SMILES string of the molecule is CCCCCCCSc1ccc2c(c1)CCN2C(=O)N1CCCN1CS(C)(=O)=O. The maximum Gasteiger partial charge on any atom is 0.339 e. The molecule has 0 bridgehead atoms. The minimum atomic E-state index is -3.17. The lowest BCUT2D eigenvalue weighted by molar-refractivity contribution is 0.0849. The number of hydrogen-bond acceptors (Lipinski definition) is 5. The number of carbonyl (C=O) groups is 1. The fourth-order valence-electron chi connectivity index (χ4n) is 3.99. The highest BCUT2D eigenvalue weighted by molar-refractivity contribution is 7.99.